The Morgan fingerprint density at radius 3 is 1.22 bits per heavy atom. The van der Waals surface area contributed by atoms with Gasteiger partial charge in [-0.3, -0.25) is 0 Å². The summed E-state index contributed by atoms with van der Waals surface area (Å²) < 4.78 is 2.37. The Bertz CT molecular complexity index is 1660. The highest BCUT2D eigenvalue weighted by atomic mass is 35.5. The number of hydrogen-bond acceptors (Lipinski definition) is 1. The van der Waals surface area contributed by atoms with Gasteiger partial charge in [-0.25, -0.2) is 0 Å². The summed E-state index contributed by atoms with van der Waals surface area (Å²) in [4.78, 5) is 1.26. The summed E-state index contributed by atoms with van der Waals surface area (Å²) in [5.74, 6) is 0. The quantitative estimate of drug-likeness (QED) is 0.171. The first-order chi connectivity index (χ1) is 20.8. The van der Waals surface area contributed by atoms with Crippen LogP contribution in [0.2, 0.25) is 0 Å². The van der Waals surface area contributed by atoms with Crippen LogP contribution in [0.4, 0.5) is 0 Å². The van der Waals surface area contributed by atoms with E-state index in [9.17, 15) is 0 Å². The lowest BCUT2D eigenvalue weighted by atomic mass is 9.77. The van der Waals surface area contributed by atoms with Gasteiger partial charge in [-0.15, -0.1) is 0 Å². The molecule has 0 spiro atoms. The van der Waals surface area contributed by atoms with E-state index in [0.29, 0.717) is 0 Å². The van der Waals surface area contributed by atoms with Crippen LogP contribution in [0.25, 0.3) is 38.4 Å². The summed E-state index contributed by atoms with van der Waals surface area (Å²) in [6, 6.07) is 32.2. The molecular weight excluding hydrogens is 598 g/mol. The molecule has 3 heteroatoms. The van der Waals surface area contributed by atoms with Crippen LogP contribution in [-0.2, 0) is 21.7 Å². The molecule has 0 atom stereocenters. The van der Waals surface area contributed by atoms with Crippen LogP contribution in [-0.4, -0.2) is 0 Å². The first-order valence-electron chi connectivity index (χ1n) is 16.3. The number of halogens is 1. The molecule has 46 heavy (non-hydrogen) atoms. The molecule has 0 aliphatic carbocycles. The Morgan fingerprint density at radius 2 is 0.848 bits per heavy atom. The molecular formula is C43H52ClNS. The number of rotatable bonds is 4. The van der Waals surface area contributed by atoms with E-state index in [0.717, 1.165) is 0 Å². The third kappa shape index (κ3) is 7.67. The summed E-state index contributed by atoms with van der Waals surface area (Å²) >= 11 is 1.80. The monoisotopic (exact) mass is 649 g/mol. The Balaban J connectivity index is 0.00000480. The molecule has 0 amide bonds. The van der Waals surface area contributed by atoms with Crippen LogP contribution in [0.15, 0.2) is 96.6 Å². The van der Waals surface area contributed by atoms with Crippen molar-refractivity contribution in [2.45, 2.75) is 105 Å². The molecule has 0 saturated heterocycles. The van der Waals surface area contributed by atoms with Gasteiger partial charge in [-0.2, -0.15) is 4.57 Å². The van der Waals surface area contributed by atoms with E-state index in [1.165, 1.54) is 60.6 Å². The van der Waals surface area contributed by atoms with Crippen LogP contribution in [0, 0.1) is 0 Å². The largest absolute Gasteiger partial charge is 1.00 e. The summed E-state index contributed by atoms with van der Waals surface area (Å²) in [6.45, 7) is 27.9. The number of benzene rings is 4. The van der Waals surface area contributed by atoms with Crippen LogP contribution in [0.3, 0.4) is 0 Å². The van der Waals surface area contributed by atoms with Crippen LogP contribution in [0.1, 0.15) is 105 Å². The van der Waals surface area contributed by atoms with Crippen molar-refractivity contribution < 1.29 is 17.0 Å². The number of thiazole rings is 1. The van der Waals surface area contributed by atoms with E-state index in [2.05, 4.69) is 184 Å². The predicted octanol–water partition coefficient (Wildman–Crippen LogP) is 9.22. The maximum atomic E-state index is 2.43. The molecule has 242 valence electrons. The van der Waals surface area contributed by atoms with Gasteiger partial charge < -0.3 is 12.4 Å². The lowest BCUT2D eigenvalue weighted by molar-refractivity contribution is -0.588. The van der Waals surface area contributed by atoms with Gasteiger partial charge in [0.25, 0.3) is 0 Å². The first-order valence-corrected chi connectivity index (χ1v) is 17.2. The first kappa shape index (κ1) is 35.7. The molecule has 0 unspecified atom stereocenters. The molecule has 4 aromatic carbocycles. The van der Waals surface area contributed by atoms with Gasteiger partial charge in [0.15, 0.2) is 6.20 Å². The van der Waals surface area contributed by atoms with Gasteiger partial charge in [0.2, 0.25) is 11.2 Å². The highest BCUT2D eigenvalue weighted by Gasteiger charge is 2.28. The number of nitrogens with zero attached hydrogens (tertiary/aromatic N) is 1. The van der Waals surface area contributed by atoms with Crippen molar-refractivity contribution in [3.63, 3.8) is 0 Å². The van der Waals surface area contributed by atoms with E-state index >= 15 is 0 Å². The van der Waals surface area contributed by atoms with Crippen molar-refractivity contribution in [2.75, 3.05) is 0 Å². The molecule has 5 rings (SSSR count). The van der Waals surface area contributed by atoms with Crippen LogP contribution in [0.5, 0.6) is 0 Å². The lowest BCUT2D eigenvalue weighted by Gasteiger charge is -2.27. The zero-order chi connectivity index (χ0) is 32.9. The number of hydrogen-bond donors (Lipinski definition) is 0. The lowest BCUT2D eigenvalue weighted by Crippen LogP contribution is -3.00. The third-order valence-electron chi connectivity index (χ3n) is 8.85. The van der Waals surface area contributed by atoms with Crippen molar-refractivity contribution in [3.05, 3.63) is 119 Å². The molecule has 0 fully saturated rings. The minimum Gasteiger partial charge on any atom is -1.00 e. The second kappa shape index (κ2) is 12.8. The highest BCUT2D eigenvalue weighted by molar-refractivity contribution is 7.12. The highest BCUT2D eigenvalue weighted by Crippen LogP contribution is 2.41. The van der Waals surface area contributed by atoms with E-state index in [1.54, 1.807) is 11.3 Å². The maximum absolute atomic E-state index is 2.43. The Labute approximate surface area is 289 Å². The minimum absolute atomic E-state index is 0. The van der Waals surface area contributed by atoms with E-state index < -0.39 is 0 Å². The normalized spacial score (nSPS) is 12.6. The summed E-state index contributed by atoms with van der Waals surface area (Å²) in [5, 5.41) is 0. The summed E-state index contributed by atoms with van der Waals surface area (Å²) in [6.07, 6.45) is 2.32. The molecule has 1 aromatic heterocycles. The Morgan fingerprint density at radius 1 is 0.457 bits per heavy atom. The van der Waals surface area contributed by atoms with E-state index in [-0.39, 0.29) is 34.1 Å². The predicted molar refractivity (Wildman–Crippen MR) is 197 cm³/mol. The van der Waals surface area contributed by atoms with Crippen molar-refractivity contribution in [1.82, 2.24) is 0 Å². The third-order valence-corrected chi connectivity index (χ3v) is 9.78. The molecule has 0 saturated carbocycles. The molecule has 0 bridgehead atoms. The number of aromatic nitrogens is 1. The van der Waals surface area contributed by atoms with Gasteiger partial charge in [0, 0.05) is 0 Å². The topological polar surface area (TPSA) is 3.88 Å². The fourth-order valence-corrected chi connectivity index (χ4v) is 6.59. The van der Waals surface area contributed by atoms with Gasteiger partial charge >= 0.3 is 0 Å². The molecule has 1 nitrogen and oxygen atoms in total. The molecule has 5 aromatic rings. The van der Waals surface area contributed by atoms with Crippen molar-refractivity contribution in [1.29, 1.82) is 0 Å². The molecule has 0 aliphatic heterocycles. The second-order valence-electron chi connectivity index (χ2n) is 16.8. The van der Waals surface area contributed by atoms with Gasteiger partial charge in [0.1, 0.15) is 4.88 Å². The Hall–Kier alpha value is -3.20. The fraction of sp³-hybridized carbons (Fsp3) is 0.372. The van der Waals surface area contributed by atoms with E-state index in [4.69, 9.17) is 0 Å². The second-order valence-corrected chi connectivity index (χ2v) is 17.7. The molecule has 0 aliphatic rings. The Kier molecular flexibility index (Phi) is 9.90. The maximum Gasteiger partial charge on any atom is 0.231 e. The minimum atomic E-state index is 0. The summed E-state index contributed by atoms with van der Waals surface area (Å²) in [5.41, 5.74) is 15.4. The number of para-hydroxylation sites is 1. The SMILES string of the molecule is CC(C)(C)c1cc(-c2cccc(-c3cc(C(C)(C)C)cc(C(C)(C)C)c3)c2-[n+]2csc(-c3ccccc3)c2)cc(C(C)(C)C)c1.[Cl-]. The van der Waals surface area contributed by atoms with Gasteiger partial charge in [-0.1, -0.05) is 167 Å². The van der Waals surface area contributed by atoms with Crippen molar-refractivity contribution in [2.24, 2.45) is 0 Å². The van der Waals surface area contributed by atoms with Gasteiger partial charge in [-0.05, 0) is 72.7 Å². The molecule has 0 radical (unpaired) electrons. The average molecular weight is 650 g/mol. The smallest absolute Gasteiger partial charge is 0.231 e. The van der Waals surface area contributed by atoms with Gasteiger partial charge in [0.05, 0.1) is 11.1 Å². The molecule has 1 heterocycles. The van der Waals surface area contributed by atoms with Crippen molar-refractivity contribution >= 4 is 11.3 Å². The zero-order valence-corrected chi connectivity index (χ0v) is 31.5. The summed E-state index contributed by atoms with van der Waals surface area (Å²) in [7, 11) is 0. The van der Waals surface area contributed by atoms with Crippen LogP contribution >= 0.6 is 11.3 Å². The van der Waals surface area contributed by atoms with Crippen LogP contribution < -0.4 is 17.0 Å². The zero-order valence-electron chi connectivity index (χ0n) is 30.0. The standard InChI is InChI=1S/C43H52NS.ClH/c1-40(2,3)32-21-30(22-33(25-32)41(4,5)6)36-19-16-20-37(31-23-34(42(7,8)9)26-35(24-31)43(10,11)12)39(36)44-27-38(45-28-44)29-17-14-13-15-18-29;/h13-28H,1-12H3;1H/q+1;/p-1. The molecule has 0 N–H and O–H groups in total. The van der Waals surface area contributed by atoms with Crippen molar-refractivity contribution in [3.8, 4) is 38.4 Å². The van der Waals surface area contributed by atoms with E-state index in [1.807, 2.05) is 0 Å². The average Bonchev–Trinajstić information content (AvgIpc) is 3.45. The fourth-order valence-electron chi connectivity index (χ4n) is 5.75.